The normalized spacial score (nSPS) is 20.6. The number of esters is 1. The topological polar surface area (TPSA) is 209 Å². The van der Waals surface area contributed by atoms with Gasteiger partial charge in [0.15, 0.2) is 12.3 Å². The summed E-state index contributed by atoms with van der Waals surface area (Å²) >= 11 is 0. The molecule has 0 aliphatic carbocycles. The Morgan fingerprint density at radius 3 is 1.96 bits per heavy atom. The second kappa shape index (κ2) is 18.7. The Balaban J connectivity index is 1.49. The molecule has 17 nitrogen and oxygen atoms in total. The smallest absolute Gasteiger partial charge is 0.462 e. The van der Waals surface area contributed by atoms with Gasteiger partial charge in [-0.15, -0.1) is 0 Å². The molecule has 19 heteroatoms. The molecule has 0 unspecified atom stereocenters. The van der Waals surface area contributed by atoms with Gasteiger partial charge in [-0.05, 0) is 44.0 Å². The molecule has 6 atom stereocenters. The van der Waals surface area contributed by atoms with Crippen molar-refractivity contribution in [2.75, 3.05) is 6.61 Å². The van der Waals surface area contributed by atoms with Crippen molar-refractivity contribution in [3.63, 3.8) is 0 Å². The highest BCUT2D eigenvalue weighted by Gasteiger charge is 2.63. The fraction of sp³-hybridized carbons (Fsp3) is 0.324. The van der Waals surface area contributed by atoms with Crippen LogP contribution < -0.4 is 20.9 Å². The highest BCUT2D eigenvalue weighted by molar-refractivity contribution is 7.52. The second-order valence-electron chi connectivity index (χ2n) is 12.5. The fourth-order valence-electron chi connectivity index (χ4n) is 5.19. The molecule has 0 spiro atoms. The number of aromatic amines is 1. The molecule has 1 saturated heterocycles. The maximum atomic E-state index is 17.5. The average molecular weight is 800 g/mol. The maximum Gasteiger partial charge on any atom is 0.509 e. The summed E-state index contributed by atoms with van der Waals surface area (Å²) in [6.07, 6.45) is -8.88. The van der Waals surface area contributed by atoms with Crippen LogP contribution in [0.15, 0.2) is 113 Å². The number of ether oxygens (including phenoxy) is 6. The lowest BCUT2D eigenvalue weighted by molar-refractivity contribution is -0.206. The van der Waals surface area contributed by atoms with E-state index < -0.39 is 80.3 Å². The quantitative estimate of drug-likeness (QED) is 0.0836. The summed E-state index contributed by atoms with van der Waals surface area (Å²) in [6, 6.07) is 23.9. The number of halogens is 1. The summed E-state index contributed by atoms with van der Waals surface area (Å²) in [7, 11) is -4.79. The first kappa shape index (κ1) is 41.4. The Kier molecular flexibility index (Phi) is 13.8. The van der Waals surface area contributed by atoms with Crippen LogP contribution in [0.1, 0.15) is 38.1 Å². The molecule has 4 aromatic rings. The van der Waals surface area contributed by atoms with E-state index in [2.05, 4.69) is 5.09 Å². The van der Waals surface area contributed by atoms with Crippen LogP contribution in [-0.4, -0.2) is 64.6 Å². The predicted molar refractivity (Wildman–Crippen MR) is 193 cm³/mol. The van der Waals surface area contributed by atoms with Crippen LogP contribution in [0.25, 0.3) is 0 Å². The number of carbonyl (C=O) groups is 3. The monoisotopic (exact) mass is 799 g/mol. The number of nitrogens with one attached hydrogen (secondary N) is 2. The van der Waals surface area contributed by atoms with Crippen LogP contribution in [0.4, 0.5) is 14.0 Å². The SMILES string of the molecule is CC(C)OC(=O)[C@H](C)N[P@](=O)(OC[C@@]1(F)O[C@@H](n2ccc(=O)[nH]c2=O)[C@H](OC(=O)OCc2ccccc2)[C@@H]1OC(=O)OCc1ccccc1)Oc1ccccc1. The third-order valence-electron chi connectivity index (χ3n) is 7.76. The van der Waals surface area contributed by atoms with Crippen LogP contribution in [0.5, 0.6) is 5.75 Å². The summed E-state index contributed by atoms with van der Waals surface area (Å²) in [6.45, 7) is 2.44. The Morgan fingerprint density at radius 2 is 1.41 bits per heavy atom. The zero-order valence-electron chi connectivity index (χ0n) is 30.3. The molecule has 0 bridgehead atoms. The van der Waals surface area contributed by atoms with Crippen molar-refractivity contribution in [2.24, 2.45) is 0 Å². The molecule has 1 aliphatic heterocycles. The number of rotatable bonds is 16. The van der Waals surface area contributed by atoms with E-state index >= 15 is 4.39 Å². The highest BCUT2D eigenvalue weighted by Crippen LogP contribution is 2.49. The Morgan fingerprint density at radius 1 is 0.857 bits per heavy atom. The van der Waals surface area contributed by atoms with Crippen LogP contribution in [0.3, 0.4) is 0 Å². The van der Waals surface area contributed by atoms with Gasteiger partial charge in [-0.3, -0.25) is 23.7 Å². The van der Waals surface area contributed by atoms with E-state index in [4.69, 9.17) is 37.5 Å². The van der Waals surface area contributed by atoms with E-state index in [0.29, 0.717) is 15.7 Å². The lowest BCUT2D eigenvalue weighted by Crippen LogP contribution is -2.48. The number of hydrogen-bond donors (Lipinski definition) is 2. The Bertz CT molecular complexity index is 2100. The van der Waals surface area contributed by atoms with Gasteiger partial charge < -0.3 is 32.9 Å². The summed E-state index contributed by atoms with van der Waals surface area (Å²) in [5.74, 6) is -4.31. The molecule has 56 heavy (non-hydrogen) atoms. The number of H-pyrrole nitrogens is 1. The number of hydrogen-bond acceptors (Lipinski definition) is 14. The molecule has 1 aromatic heterocycles. The number of aromatic nitrogens is 2. The predicted octanol–water partition coefficient (Wildman–Crippen LogP) is 5.31. The van der Waals surface area contributed by atoms with Gasteiger partial charge >= 0.3 is 31.7 Å². The maximum absolute atomic E-state index is 17.5. The molecule has 0 radical (unpaired) electrons. The first-order valence-corrected chi connectivity index (χ1v) is 18.7. The van der Waals surface area contributed by atoms with Crippen LogP contribution in [0, 0.1) is 0 Å². The van der Waals surface area contributed by atoms with Gasteiger partial charge in [-0.2, -0.15) is 5.09 Å². The van der Waals surface area contributed by atoms with Gasteiger partial charge in [0.05, 0.1) is 6.10 Å². The van der Waals surface area contributed by atoms with Crippen molar-refractivity contribution in [3.05, 3.63) is 135 Å². The van der Waals surface area contributed by atoms with Crippen LogP contribution >= 0.6 is 7.75 Å². The van der Waals surface area contributed by atoms with Gasteiger partial charge in [0.1, 0.15) is 31.6 Å². The van der Waals surface area contributed by atoms with Crippen molar-refractivity contribution in [1.82, 2.24) is 14.6 Å². The van der Waals surface area contributed by atoms with Gasteiger partial charge in [-0.25, -0.2) is 23.3 Å². The molecule has 2 N–H and O–H groups in total. The Labute approximate surface area is 319 Å². The molecule has 1 fully saturated rings. The minimum atomic E-state index is -4.79. The third-order valence-corrected chi connectivity index (χ3v) is 9.38. The third kappa shape index (κ3) is 11.4. The van der Waals surface area contributed by atoms with Crippen molar-refractivity contribution >= 4 is 26.0 Å². The lowest BCUT2D eigenvalue weighted by atomic mass is 10.1. The molecule has 2 heterocycles. The molecule has 3 aromatic carbocycles. The zero-order valence-corrected chi connectivity index (χ0v) is 31.2. The lowest BCUT2D eigenvalue weighted by Gasteiger charge is -2.29. The summed E-state index contributed by atoms with van der Waals surface area (Å²) in [5, 5.41) is 2.40. The zero-order chi connectivity index (χ0) is 40.3. The van der Waals surface area contributed by atoms with Crippen LogP contribution in [-0.2, 0) is 55.5 Å². The molecular formula is C37H39FN3O14P. The van der Waals surface area contributed by atoms with Crippen molar-refractivity contribution in [3.8, 4) is 5.75 Å². The van der Waals surface area contributed by atoms with E-state index in [9.17, 15) is 28.5 Å². The van der Waals surface area contributed by atoms with E-state index in [1.807, 2.05) is 4.98 Å². The van der Waals surface area contributed by atoms with Crippen molar-refractivity contribution < 1.29 is 60.8 Å². The molecule has 0 amide bonds. The average Bonchev–Trinajstić information content (AvgIpc) is 3.43. The molecule has 0 saturated carbocycles. The second-order valence-corrected chi connectivity index (χ2v) is 14.2. The van der Waals surface area contributed by atoms with Crippen molar-refractivity contribution in [1.29, 1.82) is 0 Å². The molecule has 298 valence electrons. The summed E-state index contributed by atoms with van der Waals surface area (Å²) in [4.78, 5) is 65.9. The van der Waals surface area contributed by atoms with E-state index in [0.717, 1.165) is 12.3 Å². The fourth-order valence-corrected chi connectivity index (χ4v) is 6.69. The first-order chi connectivity index (χ1) is 26.7. The number of nitrogens with zero attached hydrogens (tertiary/aromatic N) is 1. The van der Waals surface area contributed by atoms with Gasteiger partial charge in [0, 0.05) is 12.3 Å². The molecule has 1 aliphatic rings. The van der Waals surface area contributed by atoms with E-state index in [1.54, 1.807) is 92.7 Å². The van der Waals surface area contributed by atoms with Gasteiger partial charge in [-0.1, -0.05) is 78.9 Å². The first-order valence-electron chi connectivity index (χ1n) is 17.1. The Hall–Kier alpha value is -5.81. The molecule has 5 rings (SSSR count). The van der Waals surface area contributed by atoms with E-state index in [-0.39, 0.29) is 19.0 Å². The van der Waals surface area contributed by atoms with Gasteiger partial charge in [0.2, 0.25) is 6.10 Å². The number of alkyl halides is 1. The van der Waals surface area contributed by atoms with E-state index in [1.165, 1.54) is 19.1 Å². The minimum Gasteiger partial charge on any atom is -0.462 e. The molecular weight excluding hydrogens is 760 g/mol. The standard InChI is InChI=1S/C37H39FN3O14P/c1-24(2)51-33(43)25(3)40-56(47,55-28-17-11-6-12-18-28)50-23-37(38)31(53-36(46)49-22-27-15-9-5-10-16-27)30(32(54-37)41-20-19-29(42)39-34(41)44)52-35(45)48-21-26-13-7-4-8-14-26/h4-20,24-25,30-32H,21-23H2,1-3H3,(H,40,47)(H,39,42,44)/t25-,30+,31-,32+,37+,56-/m0/s1. The minimum absolute atomic E-state index is 0.0228. The number of para-hydroxylation sites is 1. The summed E-state index contributed by atoms with van der Waals surface area (Å²) < 4.78 is 75.7. The van der Waals surface area contributed by atoms with Gasteiger partial charge in [0.25, 0.3) is 11.4 Å². The highest BCUT2D eigenvalue weighted by atomic mass is 31.2. The summed E-state index contributed by atoms with van der Waals surface area (Å²) in [5.41, 5.74) is -0.876. The largest absolute Gasteiger partial charge is 0.509 e. The number of carbonyl (C=O) groups excluding carboxylic acids is 3. The van der Waals surface area contributed by atoms with Crippen LogP contribution in [0.2, 0.25) is 0 Å². The van der Waals surface area contributed by atoms with Crippen molar-refractivity contribution in [2.45, 2.75) is 70.4 Å². The number of benzene rings is 3.